The molecule has 2 aromatic carbocycles. The molecule has 0 radical (unpaired) electrons. The lowest BCUT2D eigenvalue weighted by Gasteiger charge is -2.05. The van der Waals surface area contributed by atoms with Crippen LogP contribution in [0.3, 0.4) is 0 Å². The fourth-order valence-corrected chi connectivity index (χ4v) is 2.10. The number of benzene rings is 2. The lowest BCUT2D eigenvalue weighted by atomic mass is 10.1. The Labute approximate surface area is 119 Å². The highest BCUT2D eigenvalue weighted by molar-refractivity contribution is 6.05. The first-order valence-corrected chi connectivity index (χ1v) is 6.26. The van der Waals surface area contributed by atoms with Crippen LogP contribution < -0.4 is 5.32 Å². The number of fused-ring (bicyclic) bond motifs is 1. The van der Waals surface area contributed by atoms with Gasteiger partial charge in [0, 0.05) is 40.5 Å². The quantitative estimate of drug-likeness (QED) is 0.570. The highest BCUT2D eigenvalue weighted by Gasteiger charge is 2.11. The van der Waals surface area contributed by atoms with Crippen LogP contribution in [-0.4, -0.2) is 15.8 Å². The third kappa shape index (κ3) is 2.59. The molecular formula is C15H11N3O3. The van der Waals surface area contributed by atoms with Crippen LogP contribution in [0.2, 0.25) is 0 Å². The molecule has 2 N–H and O–H groups in total. The predicted molar refractivity (Wildman–Crippen MR) is 79.3 cm³/mol. The average molecular weight is 281 g/mol. The van der Waals surface area contributed by atoms with E-state index < -0.39 is 4.92 Å². The number of hydrogen-bond donors (Lipinski definition) is 2. The number of aromatic nitrogens is 1. The molecular weight excluding hydrogens is 270 g/mol. The van der Waals surface area contributed by atoms with E-state index in [2.05, 4.69) is 10.3 Å². The first-order valence-electron chi connectivity index (χ1n) is 6.26. The summed E-state index contributed by atoms with van der Waals surface area (Å²) in [6.07, 6.45) is 1.82. The first-order chi connectivity index (χ1) is 10.1. The fourth-order valence-electron chi connectivity index (χ4n) is 2.10. The van der Waals surface area contributed by atoms with Crippen molar-refractivity contribution in [3.63, 3.8) is 0 Å². The number of amides is 1. The number of rotatable bonds is 3. The Morgan fingerprint density at radius 2 is 2.00 bits per heavy atom. The van der Waals surface area contributed by atoms with Crippen molar-refractivity contribution in [2.75, 3.05) is 5.32 Å². The van der Waals surface area contributed by atoms with Crippen LogP contribution in [0, 0.1) is 10.1 Å². The minimum atomic E-state index is -0.525. The van der Waals surface area contributed by atoms with Gasteiger partial charge in [-0.1, -0.05) is 6.07 Å². The maximum absolute atomic E-state index is 12.1. The fraction of sp³-hybridized carbons (Fsp3) is 0. The molecule has 3 rings (SSSR count). The number of carbonyl (C=O) groups excluding carboxylic acids is 1. The van der Waals surface area contributed by atoms with Crippen molar-refractivity contribution in [1.82, 2.24) is 4.98 Å². The molecule has 0 bridgehead atoms. The second-order valence-electron chi connectivity index (χ2n) is 4.54. The molecule has 0 unspecified atom stereocenters. The number of nitrogens with one attached hydrogen (secondary N) is 2. The lowest BCUT2D eigenvalue weighted by Crippen LogP contribution is -2.11. The van der Waals surface area contributed by atoms with Gasteiger partial charge in [-0.05, 0) is 30.3 Å². The Hall–Kier alpha value is -3.15. The number of nitro groups is 1. The number of non-ortho nitro benzene ring substituents is 1. The van der Waals surface area contributed by atoms with Crippen LogP contribution in [0.15, 0.2) is 54.7 Å². The Kier molecular flexibility index (Phi) is 3.12. The average Bonchev–Trinajstić information content (AvgIpc) is 2.95. The summed E-state index contributed by atoms with van der Waals surface area (Å²) < 4.78 is 0. The normalized spacial score (nSPS) is 10.5. The molecule has 0 saturated heterocycles. The van der Waals surface area contributed by atoms with E-state index in [1.165, 1.54) is 24.3 Å². The molecule has 6 nitrogen and oxygen atoms in total. The van der Waals surface area contributed by atoms with E-state index >= 15 is 0 Å². The van der Waals surface area contributed by atoms with Gasteiger partial charge in [0.2, 0.25) is 0 Å². The summed E-state index contributed by atoms with van der Waals surface area (Å²) in [5.41, 5.74) is 1.75. The Bertz CT molecular complexity index is 839. The van der Waals surface area contributed by atoms with Crippen molar-refractivity contribution >= 4 is 28.2 Å². The van der Waals surface area contributed by atoms with Crippen LogP contribution in [0.25, 0.3) is 10.9 Å². The van der Waals surface area contributed by atoms with E-state index in [1.54, 1.807) is 6.07 Å². The number of nitrogens with zero attached hydrogens (tertiary/aromatic N) is 1. The maximum atomic E-state index is 12.1. The van der Waals surface area contributed by atoms with E-state index in [0.717, 1.165) is 10.9 Å². The predicted octanol–water partition coefficient (Wildman–Crippen LogP) is 3.33. The highest BCUT2D eigenvalue weighted by Crippen LogP contribution is 2.19. The molecule has 0 spiro atoms. The van der Waals surface area contributed by atoms with Crippen molar-refractivity contribution < 1.29 is 9.72 Å². The van der Waals surface area contributed by atoms with E-state index in [1.807, 2.05) is 24.4 Å². The van der Waals surface area contributed by atoms with E-state index in [-0.39, 0.29) is 17.2 Å². The summed E-state index contributed by atoms with van der Waals surface area (Å²) in [7, 11) is 0. The van der Waals surface area contributed by atoms with Gasteiger partial charge in [0.15, 0.2) is 0 Å². The third-order valence-corrected chi connectivity index (χ3v) is 3.13. The number of carbonyl (C=O) groups is 1. The molecule has 1 aromatic heterocycles. The molecule has 21 heavy (non-hydrogen) atoms. The lowest BCUT2D eigenvalue weighted by molar-refractivity contribution is -0.384. The van der Waals surface area contributed by atoms with Gasteiger partial charge < -0.3 is 10.3 Å². The molecule has 104 valence electrons. The Morgan fingerprint density at radius 1 is 1.14 bits per heavy atom. The minimum Gasteiger partial charge on any atom is -0.361 e. The van der Waals surface area contributed by atoms with E-state index in [4.69, 9.17) is 0 Å². The van der Waals surface area contributed by atoms with Gasteiger partial charge in [-0.25, -0.2) is 0 Å². The number of aromatic amines is 1. The molecule has 3 aromatic rings. The smallest absolute Gasteiger partial charge is 0.270 e. The number of H-pyrrole nitrogens is 1. The number of nitro benzene ring substituents is 1. The molecule has 0 aliphatic carbocycles. The first kappa shape index (κ1) is 12.9. The molecule has 0 aliphatic heterocycles. The highest BCUT2D eigenvalue weighted by atomic mass is 16.6. The van der Waals surface area contributed by atoms with Crippen LogP contribution in [0.1, 0.15) is 10.4 Å². The van der Waals surface area contributed by atoms with Gasteiger partial charge in [0.05, 0.1) is 4.92 Å². The van der Waals surface area contributed by atoms with Crippen molar-refractivity contribution in [2.45, 2.75) is 0 Å². The largest absolute Gasteiger partial charge is 0.361 e. The van der Waals surface area contributed by atoms with Crippen LogP contribution in [0.4, 0.5) is 11.4 Å². The van der Waals surface area contributed by atoms with Crippen LogP contribution in [-0.2, 0) is 0 Å². The Balaban J connectivity index is 1.85. The molecule has 1 amide bonds. The van der Waals surface area contributed by atoms with Crippen LogP contribution in [0.5, 0.6) is 0 Å². The summed E-state index contributed by atoms with van der Waals surface area (Å²) in [5.74, 6) is -0.381. The zero-order valence-electron chi connectivity index (χ0n) is 10.9. The van der Waals surface area contributed by atoms with Crippen molar-refractivity contribution in [1.29, 1.82) is 0 Å². The summed E-state index contributed by atoms with van der Waals surface area (Å²) in [6.45, 7) is 0. The topological polar surface area (TPSA) is 88.0 Å². The monoisotopic (exact) mass is 281 g/mol. The van der Waals surface area contributed by atoms with Gasteiger partial charge in [-0.15, -0.1) is 0 Å². The molecule has 6 heteroatoms. The maximum Gasteiger partial charge on any atom is 0.270 e. The van der Waals surface area contributed by atoms with Crippen LogP contribution >= 0.6 is 0 Å². The third-order valence-electron chi connectivity index (χ3n) is 3.13. The Morgan fingerprint density at radius 3 is 2.81 bits per heavy atom. The summed E-state index contributed by atoms with van der Waals surface area (Å²) in [6, 6.07) is 13.0. The molecule has 0 saturated carbocycles. The number of anilines is 1. The SMILES string of the molecule is O=C(Nc1ccc2[nH]ccc2c1)c1cccc([N+](=O)[O-])c1. The van der Waals surface area contributed by atoms with Gasteiger partial charge in [0.25, 0.3) is 11.6 Å². The zero-order chi connectivity index (χ0) is 14.8. The van der Waals surface area contributed by atoms with E-state index in [0.29, 0.717) is 5.69 Å². The molecule has 0 fully saturated rings. The summed E-state index contributed by atoms with van der Waals surface area (Å²) in [4.78, 5) is 25.4. The molecule has 0 aliphatic rings. The summed E-state index contributed by atoms with van der Waals surface area (Å²) >= 11 is 0. The zero-order valence-corrected chi connectivity index (χ0v) is 10.9. The van der Waals surface area contributed by atoms with Crippen molar-refractivity contribution in [3.8, 4) is 0 Å². The molecule has 1 heterocycles. The minimum absolute atomic E-state index is 0.108. The van der Waals surface area contributed by atoms with Crippen molar-refractivity contribution in [3.05, 3.63) is 70.4 Å². The second kappa shape index (κ2) is 5.09. The summed E-state index contributed by atoms with van der Waals surface area (Å²) in [5, 5.41) is 14.4. The second-order valence-corrected chi connectivity index (χ2v) is 4.54. The number of hydrogen-bond acceptors (Lipinski definition) is 3. The molecule has 0 atom stereocenters. The van der Waals surface area contributed by atoms with Gasteiger partial charge in [-0.2, -0.15) is 0 Å². The van der Waals surface area contributed by atoms with Gasteiger partial charge in [0.1, 0.15) is 0 Å². The van der Waals surface area contributed by atoms with Gasteiger partial charge >= 0.3 is 0 Å². The van der Waals surface area contributed by atoms with Crippen molar-refractivity contribution in [2.24, 2.45) is 0 Å². The van der Waals surface area contributed by atoms with E-state index in [9.17, 15) is 14.9 Å². The standard InChI is InChI=1S/C15H11N3O3/c19-15(11-2-1-3-13(9-11)18(20)21)17-12-4-5-14-10(8-12)6-7-16-14/h1-9,16H,(H,17,19). The van der Waals surface area contributed by atoms with Gasteiger partial charge in [-0.3, -0.25) is 14.9 Å².